The molecule has 0 atom stereocenters. The van der Waals surface area contributed by atoms with Gasteiger partial charge in [-0.15, -0.1) is 11.3 Å². The molecule has 128 valence electrons. The molecule has 1 N–H and O–H groups in total. The van der Waals surface area contributed by atoms with E-state index in [1.165, 1.54) is 23.8 Å². The maximum absolute atomic E-state index is 12.3. The number of hydrogen-bond acceptors (Lipinski definition) is 4. The fourth-order valence-corrected chi connectivity index (χ4v) is 3.30. The SMILES string of the molecule is CCN(CC)Cc1ccccc1CNC(=O)c1ccc(C(C)=O)s1. The Labute approximate surface area is 147 Å². The molecule has 0 unspecified atom stereocenters. The van der Waals surface area contributed by atoms with Crippen LogP contribution in [-0.4, -0.2) is 29.7 Å². The lowest BCUT2D eigenvalue weighted by molar-refractivity contribution is 0.0954. The molecule has 2 rings (SSSR count). The van der Waals surface area contributed by atoms with Crippen molar-refractivity contribution in [1.29, 1.82) is 0 Å². The largest absolute Gasteiger partial charge is 0.347 e. The van der Waals surface area contributed by atoms with Gasteiger partial charge in [-0.1, -0.05) is 38.1 Å². The van der Waals surface area contributed by atoms with E-state index in [0.29, 0.717) is 16.3 Å². The second-order valence-corrected chi connectivity index (χ2v) is 6.72. The van der Waals surface area contributed by atoms with Crippen molar-refractivity contribution >= 4 is 23.0 Å². The molecule has 0 fully saturated rings. The van der Waals surface area contributed by atoms with Crippen LogP contribution in [0.2, 0.25) is 0 Å². The van der Waals surface area contributed by atoms with Crippen LogP contribution in [0.5, 0.6) is 0 Å². The molecule has 1 aromatic heterocycles. The summed E-state index contributed by atoms with van der Waals surface area (Å²) in [6.45, 7) is 9.18. The lowest BCUT2D eigenvalue weighted by Crippen LogP contribution is -2.25. The third-order valence-corrected chi connectivity index (χ3v) is 5.21. The highest BCUT2D eigenvalue weighted by Gasteiger charge is 2.12. The predicted molar refractivity (Wildman–Crippen MR) is 98.6 cm³/mol. The number of benzene rings is 1. The monoisotopic (exact) mass is 344 g/mol. The van der Waals surface area contributed by atoms with E-state index in [0.717, 1.165) is 25.2 Å². The molecule has 1 aromatic carbocycles. The summed E-state index contributed by atoms with van der Waals surface area (Å²) in [5.41, 5.74) is 2.36. The molecule has 2 aromatic rings. The highest BCUT2D eigenvalue weighted by molar-refractivity contribution is 7.15. The van der Waals surface area contributed by atoms with Crippen LogP contribution in [0.1, 0.15) is 51.2 Å². The summed E-state index contributed by atoms with van der Waals surface area (Å²) in [6.07, 6.45) is 0. The van der Waals surface area contributed by atoms with Gasteiger partial charge in [0.25, 0.3) is 5.91 Å². The number of nitrogens with one attached hydrogen (secondary N) is 1. The van der Waals surface area contributed by atoms with Crippen LogP contribution in [0.3, 0.4) is 0 Å². The highest BCUT2D eigenvalue weighted by Crippen LogP contribution is 2.17. The first-order valence-electron chi connectivity index (χ1n) is 8.23. The van der Waals surface area contributed by atoms with Crippen molar-refractivity contribution in [3.8, 4) is 0 Å². The van der Waals surface area contributed by atoms with Crippen molar-refractivity contribution in [3.63, 3.8) is 0 Å². The summed E-state index contributed by atoms with van der Waals surface area (Å²) in [6, 6.07) is 11.6. The minimum Gasteiger partial charge on any atom is -0.347 e. The summed E-state index contributed by atoms with van der Waals surface area (Å²) >= 11 is 1.24. The van der Waals surface area contributed by atoms with E-state index in [1.807, 2.05) is 12.1 Å². The number of carbonyl (C=O) groups is 2. The van der Waals surface area contributed by atoms with Gasteiger partial charge in [0.2, 0.25) is 0 Å². The summed E-state index contributed by atoms with van der Waals surface area (Å²) in [4.78, 5) is 27.1. The average Bonchev–Trinajstić information content (AvgIpc) is 3.09. The van der Waals surface area contributed by atoms with Gasteiger partial charge < -0.3 is 5.32 Å². The Bertz CT molecular complexity index is 705. The zero-order chi connectivity index (χ0) is 17.5. The van der Waals surface area contributed by atoms with E-state index in [-0.39, 0.29) is 11.7 Å². The smallest absolute Gasteiger partial charge is 0.261 e. The summed E-state index contributed by atoms with van der Waals surface area (Å²) in [5.74, 6) is -0.145. The first-order valence-corrected chi connectivity index (χ1v) is 9.04. The normalized spacial score (nSPS) is 10.8. The molecule has 0 aliphatic rings. The molecular formula is C19H24N2O2S. The highest BCUT2D eigenvalue weighted by atomic mass is 32.1. The molecule has 0 saturated carbocycles. The number of Topliss-reactive ketones (excluding diaryl/α,β-unsaturated/α-hetero) is 1. The molecule has 1 amide bonds. The van der Waals surface area contributed by atoms with E-state index in [2.05, 4.69) is 36.2 Å². The topological polar surface area (TPSA) is 49.4 Å². The Morgan fingerprint density at radius 3 is 2.21 bits per heavy atom. The predicted octanol–water partition coefficient (Wildman–Crippen LogP) is 3.72. The Hall–Kier alpha value is -1.98. The maximum Gasteiger partial charge on any atom is 0.261 e. The van der Waals surface area contributed by atoms with Gasteiger partial charge in [0.1, 0.15) is 0 Å². The Balaban J connectivity index is 2.03. The molecule has 24 heavy (non-hydrogen) atoms. The molecule has 0 saturated heterocycles. The minimum absolute atomic E-state index is 0.0105. The molecule has 4 nitrogen and oxygen atoms in total. The van der Waals surface area contributed by atoms with E-state index in [4.69, 9.17) is 0 Å². The van der Waals surface area contributed by atoms with Gasteiger partial charge in [-0.3, -0.25) is 14.5 Å². The van der Waals surface area contributed by atoms with Gasteiger partial charge in [-0.25, -0.2) is 0 Å². The van der Waals surface area contributed by atoms with Crippen LogP contribution in [0.15, 0.2) is 36.4 Å². The van der Waals surface area contributed by atoms with Crippen molar-refractivity contribution in [2.75, 3.05) is 13.1 Å². The molecule has 0 bridgehead atoms. The number of hydrogen-bond donors (Lipinski definition) is 1. The van der Waals surface area contributed by atoms with Crippen molar-refractivity contribution in [1.82, 2.24) is 10.2 Å². The van der Waals surface area contributed by atoms with Gasteiger partial charge >= 0.3 is 0 Å². The van der Waals surface area contributed by atoms with Gasteiger partial charge in [0.05, 0.1) is 9.75 Å². The minimum atomic E-state index is -0.134. The Morgan fingerprint density at radius 1 is 1.00 bits per heavy atom. The maximum atomic E-state index is 12.3. The van der Waals surface area contributed by atoms with Gasteiger partial charge in [0.15, 0.2) is 5.78 Å². The lowest BCUT2D eigenvalue weighted by Gasteiger charge is -2.20. The van der Waals surface area contributed by atoms with E-state index < -0.39 is 0 Å². The molecular weight excluding hydrogens is 320 g/mol. The van der Waals surface area contributed by atoms with Crippen molar-refractivity contribution in [2.24, 2.45) is 0 Å². The van der Waals surface area contributed by atoms with E-state index >= 15 is 0 Å². The van der Waals surface area contributed by atoms with E-state index in [9.17, 15) is 9.59 Å². The first kappa shape index (κ1) is 18.4. The Kier molecular flexibility index (Phi) is 6.70. The molecule has 0 aliphatic heterocycles. The van der Waals surface area contributed by atoms with Crippen molar-refractivity contribution < 1.29 is 9.59 Å². The second-order valence-electron chi connectivity index (χ2n) is 5.63. The average molecular weight is 344 g/mol. The number of ketones is 1. The zero-order valence-corrected chi connectivity index (χ0v) is 15.3. The third-order valence-electron chi connectivity index (χ3n) is 4.02. The molecule has 0 radical (unpaired) electrons. The van der Waals surface area contributed by atoms with Gasteiger partial charge in [-0.05, 0) is 43.3 Å². The van der Waals surface area contributed by atoms with Crippen molar-refractivity contribution in [3.05, 3.63) is 57.3 Å². The fourth-order valence-electron chi connectivity index (χ4n) is 2.48. The molecule has 5 heteroatoms. The second kappa shape index (κ2) is 8.76. The van der Waals surface area contributed by atoms with Crippen LogP contribution >= 0.6 is 11.3 Å². The van der Waals surface area contributed by atoms with Crippen LogP contribution in [0.25, 0.3) is 0 Å². The Morgan fingerprint density at radius 2 is 1.62 bits per heavy atom. The fraction of sp³-hybridized carbons (Fsp3) is 0.368. The van der Waals surface area contributed by atoms with Crippen molar-refractivity contribution in [2.45, 2.75) is 33.9 Å². The van der Waals surface area contributed by atoms with Crippen LogP contribution in [0, 0.1) is 0 Å². The van der Waals surface area contributed by atoms with Gasteiger partial charge in [0, 0.05) is 13.1 Å². The first-order chi connectivity index (χ1) is 11.5. The lowest BCUT2D eigenvalue weighted by atomic mass is 10.1. The summed E-state index contributed by atoms with van der Waals surface area (Å²) in [5, 5.41) is 2.96. The zero-order valence-electron chi connectivity index (χ0n) is 14.5. The van der Waals surface area contributed by atoms with Crippen LogP contribution in [0.4, 0.5) is 0 Å². The molecule has 0 spiro atoms. The number of thiophene rings is 1. The van der Waals surface area contributed by atoms with E-state index in [1.54, 1.807) is 12.1 Å². The number of rotatable bonds is 8. The quantitative estimate of drug-likeness (QED) is 0.743. The standard InChI is InChI=1S/C19H24N2O2S/c1-4-21(5-2)13-16-9-7-6-8-15(16)12-20-19(23)18-11-10-17(24-18)14(3)22/h6-11H,4-5,12-13H2,1-3H3,(H,20,23). The number of amides is 1. The summed E-state index contributed by atoms with van der Waals surface area (Å²) < 4.78 is 0. The molecule has 0 aliphatic carbocycles. The number of nitrogens with zero attached hydrogens (tertiary/aromatic N) is 1. The third kappa shape index (κ3) is 4.76. The van der Waals surface area contributed by atoms with Gasteiger partial charge in [-0.2, -0.15) is 0 Å². The number of carbonyl (C=O) groups excluding carboxylic acids is 2. The molecule has 1 heterocycles. The van der Waals surface area contributed by atoms with Crippen LogP contribution < -0.4 is 5.32 Å². The summed E-state index contributed by atoms with van der Waals surface area (Å²) in [7, 11) is 0. The van der Waals surface area contributed by atoms with Crippen LogP contribution in [-0.2, 0) is 13.1 Å².